The number of carbonyl (C=O) groups is 1. The maximum absolute atomic E-state index is 13.3. The first-order chi connectivity index (χ1) is 17.0. The van der Waals surface area contributed by atoms with Gasteiger partial charge in [-0.2, -0.15) is 4.99 Å². The predicted octanol–water partition coefficient (Wildman–Crippen LogP) is 3.12. The van der Waals surface area contributed by atoms with E-state index in [0.29, 0.717) is 31.2 Å². The molecule has 2 aliphatic rings. The molecular weight excluding hydrogens is 482 g/mol. The molecular formula is C25H30ClN7O3. The number of amides is 1. The molecule has 36 heavy (non-hydrogen) atoms. The number of aromatic nitrogens is 3. The Bertz CT molecular complexity index is 1230. The number of aliphatic hydroxyl groups excluding tert-OH is 1. The number of aliphatic imine (C=N–C) groups is 2. The molecule has 0 unspecified atom stereocenters. The molecule has 1 N–H and O–H groups in total. The Morgan fingerprint density at radius 2 is 2.00 bits per heavy atom. The van der Waals surface area contributed by atoms with Crippen molar-refractivity contribution < 1.29 is 14.6 Å². The van der Waals surface area contributed by atoms with Crippen molar-refractivity contribution >= 4 is 29.4 Å². The quantitative estimate of drug-likeness (QED) is 0.618. The molecule has 2 aromatic rings. The monoisotopic (exact) mass is 511 g/mol. The van der Waals surface area contributed by atoms with E-state index in [1.54, 1.807) is 17.0 Å². The Kier molecular flexibility index (Phi) is 7.28. The maximum atomic E-state index is 13.3. The number of nitrogens with zero attached hydrogens (tertiary/aromatic N) is 7. The Morgan fingerprint density at radius 1 is 1.28 bits per heavy atom. The van der Waals surface area contributed by atoms with E-state index in [0.717, 1.165) is 17.8 Å². The highest BCUT2D eigenvalue weighted by Gasteiger charge is 2.35. The van der Waals surface area contributed by atoms with Gasteiger partial charge in [-0.05, 0) is 17.5 Å². The number of aliphatic hydroxyl groups is 1. The second-order valence-corrected chi connectivity index (χ2v) is 10.4. The van der Waals surface area contributed by atoms with E-state index in [4.69, 9.17) is 16.3 Å². The lowest BCUT2D eigenvalue weighted by Crippen LogP contribution is -2.57. The van der Waals surface area contributed by atoms with Crippen molar-refractivity contribution in [3.63, 3.8) is 0 Å². The van der Waals surface area contributed by atoms with Gasteiger partial charge in [0.1, 0.15) is 10.9 Å². The molecule has 1 fully saturated rings. The molecule has 1 aromatic carbocycles. The van der Waals surface area contributed by atoms with Crippen LogP contribution in [0.5, 0.6) is 0 Å². The third-order valence-electron chi connectivity index (χ3n) is 5.72. The van der Waals surface area contributed by atoms with E-state index >= 15 is 0 Å². The first-order valence-corrected chi connectivity index (χ1v) is 12.0. The van der Waals surface area contributed by atoms with Crippen molar-refractivity contribution in [3.05, 3.63) is 60.1 Å². The number of benzene rings is 1. The summed E-state index contributed by atoms with van der Waals surface area (Å²) in [7, 11) is 0. The highest BCUT2D eigenvalue weighted by atomic mass is 35.5. The SMILES string of the molecule is C=C(Cl)/N=C1/N=C(N2CCN(C(=O)c3ccc(-c4cn(CC(C)(C)C)nn4)cc3)[C@@H](CO)C2)OC1=C. The van der Waals surface area contributed by atoms with Crippen LogP contribution in [0.2, 0.25) is 0 Å². The maximum Gasteiger partial charge on any atom is 0.300 e. The zero-order chi connectivity index (χ0) is 26.0. The van der Waals surface area contributed by atoms with E-state index < -0.39 is 6.04 Å². The van der Waals surface area contributed by atoms with E-state index in [9.17, 15) is 9.90 Å². The lowest BCUT2D eigenvalue weighted by atomic mass is 9.97. The molecule has 0 saturated carbocycles. The van der Waals surface area contributed by atoms with E-state index in [-0.39, 0.29) is 34.7 Å². The largest absolute Gasteiger partial charge is 0.422 e. The summed E-state index contributed by atoms with van der Waals surface area (Å²) in [6, 6.07) is 7.15. The number of halogens is 1. The molecule has 1 amide bonds. The van der Waals surface area contributed by atoms with Crippen molar-refractivity contribution in [1.29, 1.82) is 0 Å². The number of amidine groups is 2. The Hall–Kier alpha value is -3.50. The molecule has 11 heteroatoms. The molecule has 3 heterocycles. The van der Waals surface area contributed by atoms with Crippen LogP contribution in [0.4, 0.5) is 0 Å². The number of hydrogen-bond acceptors (Lipinski definition) is 7. The number of ether oxygens (including phenoxy) is 1. The van der Waals surface area contributed by atoms with Crippen LogP contribution in [-0.4, -0.2) is 79.9 Å². The fourth-order valence-electron chi connectivity index (χ4n) is 4.07. The van der Waals surface area contributed by atoms with Gasteiger partial charge in [-0.25, -0.2) is 4.99 Å². The Labute approximate surface area is 215 Å². The fourth-order valence-corrected chi connectivity index (χ4v) is 4.15. The van der Waals surface area contributed by atoms with Gasteiger partial charge in [0.25, 0.3) is 11.9 Å². The first kappa shape index (κ1) is 25.6. The second-order valence-electron chi connectivity index (χ2n) is 9.95. The van der Waals surface area contributed by atoms with Crippen LogP contribution in [0.1, 0.15) is 31.1 Å². The Balaban J connectivity index is 1.43. The third kappa shape index (κ3) is 5.83. The van der Waals surface area contributed by atoms with Gasteiger partial charge in [0.15, 0.2) is 5.76 Å². The third-order valence-corrected chi connectivity index (χ3v) is 5.80. The van der Waals surface area contributed by atoms with Crippen LogP contribution in [0.15, 0.2) is 64.5 Å². The average Bonchev–Trinajstić information content (AvgIpc) is 3.43. The number of hydrogen-bond donors (Lipinski definition) is 1. The molecule has 190 valence electrons. The Morgan fingerprint density at radius 3 is 2.64 bits per heavy atom. The normalized spacial score (nSPS) is 19.5. The van der Waals surface area contributed by atoms with Crippen LogP contribution in [-0.2, 0) is 11.3 Å². The van der Waals surface area contributed by atoms with Crippen molar-refractivity contribution in [3.8, 4) is 11.3 Å². The van der Waals surface area contributed by atoms with Crippen molar-refractivity contribution in [1.82, 2.24) is 24.8 Å². The fraction of sp³-hybridized carbons (Fsp3) is 0.400. The van der Waals surface area contributed by atoms with Gasteiger partial charge in [-0.1, -0.05) is 62.9 Å². The van der Waals surface area contributed by atoms with Crippen LogP contribution in [0.3, 0.4) is 0 Å². The molecule has 1 saturated heterocycles. The number of carbonyl (C=O) groups excluding carboxylic acids is 1. The topological polar surface area (TPSA) is 108 Å². The molecule has 0 radical (unpaired) electrons. The van der Waals surface area contributed by atoms with Crippen LogP contribution in [0, 0.1) is 5.41 Å². The highest BCUT2D eigenvalue weighted by Crippen LogP contribution is 2.23. The summed E-state index contributed by atoms with van der Waals surface area (Å²) in [4.78, 5) is 25.1. The van der Waals surface area contributed by atoms with Gasteiger partial charge in [-0.3, -0.25) is 9.48 Å². The lowest BCUT2D eigenvalue weighted by molar-refractivity contribution is 0.0395. The minimum absolute atomic E-state index is 0.0731. The molecule has 2 aliphatic heterocycles. The van der Waals surface area contributed by atoms with Crippen LogP contribution >= 0.6 is 11.6 Å². The minimum Gasteiger partial charge on any atom is -0.422 e. The standard InChI is InChI=1S/C25H30ClN7O3/c1-16-22(27-17(2)26)28-24(36-16)31-10-11-33(20(12-31)14-34)23(35)19-8-6-18(7-9-19)21-13-32(30-29-21)15-25(3,4)5/h6-9,13,20,34H,1-2,10-12,14-15H2,3-5H3/b27-22+/t20-/m1/s1. The molecule has 1 aromatic heterocycles. The van der Waals surface area contributed by atoms with Gasteiger partial charge >= 0.3 is 0 Å². The van der Waals surface area contributed by atoms with Crippen molar-refractivity contribution in [2.75, 3.05) is 26.2 Å². The van der Waals surface area contributed by atoms with Gasteiger partial charge in [0.05, 0.1) is 18.8 Å². The smallest absolute Gasteiger partial charge is 0.300 e. The predicted molar refractivity (Wildman–Crippen MR) is 138 cm³/mol. The summed E-state index contributed by atoms with van der Waals surface area (Å²) in [5.74, 6) is 0.364. The first-order valence-electron chi connectivity index (χ1n) is 11.6. The van der Waals surface area contributed by atoms with E-state index in [1.165, 1.54) is 0 Å². The lowest BCUT2D eigenvalue weighted by Gasteiger charge is -2.40. The molecule has 0 aliphatic carbocycles. The second kappa shape index (κ2) is 10.2. The van der Waals surface area contributed by atoms with Gasteiger partial charge in [0, 0.05) is 37.3 Å². The van der Waals surface area contributed by atoms with Crippen molar-refractivity contribution in [2.45, 2.75) is 33.4 Å². The van der Waals surface area contributed by atoms with Gasteiger partial charge in [0.2, 0.25) is 5.84 Å². The summed E-state index contributed by atoms with van der Waals surface area (Å²) in [5.41, 5.74) is 2.25. The summed E-state index contributed by atoms with van der Waals surface area (Å²) in [5, 5.41) is 18.6. The van der Waals surface area contributed by atoms with Gasteiger partial charge in [-0.15, -0.1) is 5.10 Å². The van der Waals surface area contributed by atoms with Gasteiger partial charge < -0.3 is 19.6 Å². The van der Waals surface area contributed by atoms with Crippen LogP contribution in [0.25, 0.3) is 11.3 Å². The number of rotatable bonds is 5. The average molecular weight is 512 g/mol. The summed E-state index contributed by atoms with van der Waals surface area (Å²) < 4.78 is 7.45. The molecule has 0 spiro atoms. The summed E-state index contributed by atoms with van der Waals surface area (Å²) in [6.45, 7) is 15.5. The molecule has 1 atom stereocenters. The number of piperazine rings is 1. The minimum atomic E-state index is -0.438. The molecule has 4 rings (SSSR count). The van der Waals surface area contributed by atoms with Crippen LogP contribution < -0.4 is 0 Å². The molecule has 10 nitrogen and oxygen atoms in total. The zero-order valence-electron chi connectivity index (χ0n) is 20.7. The van der Waals surface area contributed by atoms with E-state index in [1.807, 2.05) is 27.9 Å². The zero-order valence-corrected chi connectivity index (χ0v) is 21.4. The summed E-state index contributed by atoms with van der Waals surface area (Å²) >= 11 is 5.74. The molecule has 0 bridgehead atoms. The van der Waals surface area contributed by atoms with Crippen molar-refractivity contribution in [2.24, 2.45) is 15.4 Å². The highest BCUT2D eigenvalue weighted by molar-refractivity contribution is 6.30. The summed E-state index contributed by atoms with van der Waals surface area (Å²) in [6.07, 6.45) is 1.91. The van der Waals surface area contributed by atoms with E-state index in [2.05, 4.69) is 54.2 Å².